The Morgan fingerprint density at radius 2 is 1.78 bits per heavy atom. The predicted molar refractivity (Wildman–Crippen MR) is 94.9 cm³/mol. The lowest BCUT2D eigenvalue weighted by Crippen LogP contribution is -2.46. The van der Waals surface area contributed by atoms with Crippen LogP contribution in [0.3, 0.4) is 0 Å². The second kappa shape index (κ2) is 7.42. The van der Waals surface area contributed by atoms with Gasteiger partial charge in [0, 0.05) is 38.9 Å². The van der Waals surface area contributed by atoms with E-state index in [1.54, 1.807) is 0 Å². The van der Waals surface area contributed by atoms with Gasteiger partial charge in [0.05, 0.1) is 0 Å². The molecule has 1 aromatic heterocycles. The molecule has 2 aromatic rings. The predicted octanol–water partition coefficient (Wildman–Crippen LogP) is 2.54. The third-order valence-corrected chi connectivity index (χ3v) is 4.36. The molecule has 1 aliphatic heterocycles. The van der Waals surface area contributed by atoms with Gasteiger partial charge in [0.1, 0.15) is 5.82 Å². The summed E-state index contributed by atoms with van der Waals surface area (Å²) >= 11 is 0. The average molecular weight is 311 g/mol. The molecule has 122 valence electrons. The fourth-order valence-corrected chi connectivity index (χ4v) is 2.79. The third-order valence-electron chi connectivity index (χ3n) is 4.36. The highest BCUT2D eigenvalue weighted by Crippen LogP contribution is 2.15. The molecule has 0 aliphatic carbocycles. The molecular weight excluding hydrogens is 286 g/mol. The largest absolute Gasteiger partial charge is 0.354 e. The lowest BCUT2D eigenvalue weighted by Gasteiger charge is -2.34. The fourth-order valence-electron chi connectivity index (χ4n) is 2.79. The third kappa shape index (κ3) is 4.20. The Morgan fingerprint density at radius 1 is 1.04 bits per heavy atom. The molecule has 1 fully saturated rings. The summed E-state index contributed by atoms with van der Waals surface area (Å²) in [6, 6.07) is 10.5. The van der Waals surface area contributed by atoms with Crippen LogP contribution < -0.4 is 10.2 Å². The summed E-state index contributed by atoms with van der Waals surface area (Å²) in [5, 5.41) is 3.32. The number of hydrogen-bond acceptors (Lipinski definition) is 5. The number of anilines is 2. The Morgan fingerprint density at radius 3 is 2.48 bits per heavy atom. The van der Waals surface area contributed by atoms with Gasteiger partial charge in [-0.3, -0.25) is 0 Å². The minimum atomic E-state index is 0.695. The van der Waals surface area contributed by atoms with Gasteiger partial charge < -0.3 is 15.1 Å². The van der Waals surface area contributed by atoms with Crippen molar-refractivity contribution in [3.05, 3.63) is 47.7 Å². The maximum absolute atomic E-state index is 4.67. The van der Waals surface area contributed by atoms with Crippen molar-refractivity contribution < 1.29 is 0 Å². The topological polar surface area (TPSA) is 44.3 Å². The molecule has 1 aromatic carbocycles. The summed E-state index contributed by atoms with van der Waals surface area (Å²) in [6.45, 7) is 10.5. The zero-order valence-electron chi connectivity index (χ0n) is 14.0. The van der Waals surface area contributed by atoms with Crippen LogP contribution in [0.15, 0.2) is 36.5 Å². The Labute approximate surface area is 138 Å². The minimum Gasteiger partial charge on any atom is -0.354 e. The highest BCUT2D eigenvalue weighted by Gasteiger charge is 2.17. The van der Waals surface area contributed by atoms with Gasteiger partial charge in [-0.05, 0) is 25.1 Å². The van der Waals surface area contributed by atoms with Gasteiger partial charge in [0.15, 0.2) is 0 Å². The lowest BCUT2D eigenvalue weighted by atomic mass is 10.1. The zero-order chi connectivity index (χ0) is 16.1. The molecule has 5 heteroatoms. The molecular formula is C18H25N5. The molecule has 1 saturated heterocycles. The maximum atomic E-state index is 4.67. The molecule has 0 spiro atoms. The van der Waals surface area contributed by atoms with Crippen molar-refractivity contribution in [3.8, 4) is 0 Å². The van der Waals surface area contributed by atoms with Crippen molar-refractivity contribution in [1.82, 2.24) is 14.9 Å². The molecule has 0 saturated carbocycles. The summed E-state index contributed by atoms with van der Waals surface area (Å²) in [4.78, 5) is 13.8. The van der Waals surface area contributed by atoms with Crippen LogP contribution >= 0.6 is 0 Å². The molecule has 0 bridgehead atoms. The Balaban J connectivity index is 1.60. The van der Waals surface area contributed by atoms with E-state index in [9.17, 15) is 0 Å². The zero-order valence-corrected chi connectivity index (χ0v) is 14.0. The lowest BCUT2D eigenvalue weighted by molar-refractivity contribution is 0.270. The molecule has 0 atom stereocenters. The number of nitrogens with zero attached hydrogens (tertiary/aromatic N) is 4. The van der Waals surface area contributed by atoms with E-state index in [2.05, 4.69) is 63.2 Å². The Hall–Kier alpha value is -2.14. The van der Waals surface area contributed by atoms with Gasteiger partial charge in [-0.25, -0.2) is 4.98 Å². The summed E-state index contributed by atoms with van der Waals surface area (Å²) in [6.07, 6.45) is 1.84. The van der Waals surface area contributed by atoms with Crippen LogP contribution in [0.5, 0.6) is 0 Å². The highest BCUT2D eigenvalue weighted by molar-refractivity contribution is 5.43. The number of aromatic nitrogens is 2. The number of benzene rings is 1. The van der Waals surface area contributed by atoms with Crippen molar-refractivity contribution >= 4 is 11.8 Å². The van der Waals surface area contributed by atoms with Crippen molar-refractivity contribution in [2.24, 2.45) is 0 Å². The average Bonchev–Trinajstić information content (AvgIpc) is 2.61. The molecule has 23 heavy (non-hydrogen) atoms. The Bertz CT molecular complexity index is 618. The number of hydrogen-bond donors (Lipinski definition) is 1. The first-order valence-corrected chi connectivity index (χ1v) is 8.34. The first-order chi connectivity index (χ1) is 11.2. The van der Waals surface area contributed by atoms with Crippen molar-refractivity contribution in [2.45, 2.75) is 20.4 Å². The molecule has 3 rings (SSSR count). The van der Waals surface area contributed by atoms with Crippen molar-refractivity contribution in [2.75, 3.05) is 42.9 Å². The quantitative estimate of drug-likeness (QED) is 0.919. The van der Waals surface area contributed by atoms with Gasteiger partial charge in [0.2, 0.25) is 5.95 Å². The van der Waals surface area contributed by atoms with E-state index in [0.29, 0.717) is 5.95 Å². The van der Waals surface area contributed by atoms with E-state index < -0.39 is 0 Å². The number of aryl methyl sites for hydroxylation is 1. The number of rotatable bonds is 5. The Kier molecular flexibility index (Phi) is 5.08. The van der Waals surface area contributed by atoms with E-state index in [4.69, 9.17) is 0 Å². The van der Waals surface area contributed by atoms with Crippen LogP contribution in [-0.4, -0.2) is 47.6 Å². The van der Waals surface area contributed by atoms with E-state index in [1.165, 1.54) is 11.1 Å². The minimum absolute atomic E-state index is 0.695. The standard InChI is InChI=1S/C18H25N5/c1-3-22-10-12-23(13-11-22)17-8-9-19-18(21-17)20-14-16-6-4-15(2)5-7-16/h4-9H,3,10-14H2,1-2H3,(H,19,20,21). The van der Waals surface area contributed by atoms with Gasteiger partial charge in [-0.2, -0.15) is 4.98 Å². The normalized spacial score (nSPS) is 15.7. The molecule has 0 radical (unpaired) electrons. The van der Waals surface area contributed by atoms with Gasteiger partial charge >= 0.3 is 0 Å². The van der Waals surface area contributed by atoms with Crippen molar-refractivity contribution in [3.63, 3.8) is 0 Å². The monoisotopic (exact) mass is 311 g/mol. The summed E-state index contributed by atoms with van der Waals surface area (Å²) in [5.74, 6) is 1.71. The summed E-state index contributed by atoms with van der Waals surface area (Å²) < 4.78 is 0. The number of nitrogens with one attached hydrogen (secondary N) is 1. The van der Waals surface area contributed by atoms with Crippen LogP contribution in [-0.2, 0) is 6.54 Å². The molecule has 1 N–H and O–H groups in total. The van der Waals surface area contributed by atoms with E-state index in [1.807, 2.05) is 12.3 Å². The van der Waals surface area contributed by atoms with Crippen LogP contribution in [0.25, 0.3) is 0 Å². The smallest absolute Gasteiger partial charge is 0.224 e. The second-order valence-corrected chi connectivity index (χ2v) is 6.00. The molecule has 0 amide bonds. The molecule has 5 nitrogen and oxygen atoms in total. The van der Waals surface area contributed by atoms with Crippen LogP contribution in [0.1, 0.15) is 18.1 Å². The highest BCUT2D eigenvalue weighted by atomic mass is 15.3. The number of piperazine rings is 1. The van der Waals surface area contributed by atoms with Gasteiger partial charge in [-0.1, -0.05) is 36.8 Å². The molecule has 0 unspecified atom stereocenters. The SMILES string of the molecule is CCN1CCN(c2ccnc(NCc3ccc(C)cc3)n2)CC1. The maximum Gasteiger partial charge on any atom is 0.224 e. The van der Waals surface area contributed by atoms with Crippen molar-refractivity contribution in [1.29, 1.82) is 0 Å². The summed E-state index contributed by atoms with van der Waals surface area (Å²) in [5.41, 5.74) is 2.51. The van der Waals surface area contributed by atoms with E-state index >= 15 is 0 Å². The number of likely N-dealkylation sites (N-methyl/N-ethyl adjacent to an activating group) is 1. The van der Waals surface area contributed by atoms with E-state index in [0.717, 1.165) is 45.1 Å². The first kappa shape index (κ1) is 15.7. The molecule has 2 heterocycles. The van der Waals surface area contributed by atoms with Crippen LogP contribution in [0.2, 0.25) is 0 Å². The fraction of sp³-hybridized carbons (Fsp3) is 0.444. The molecule has 1 aliphatic rings. The van der Waals surface area contributed by atoms with E-state index in [-0.39, 0.29) is 0 Å². The van der Waals surface area contributed by atoms with Gasteiger partial charge in [-0.15, -0.1) is 0 Å². The van der Waals surface area contributed by atoms with Crippen LogP contribution in [0.4, 0.5) is 11.8 Å². The van der Waals surface area contributed by atoms with Gasteiger partial charge in [0.25, 0.3) is 0 Å². The first-order valence-electron chi connectivity index (χ1n) is 8.34. The van der Waals surface area contributed by atoms with Crippen LogP contribution in [0, 0.1) is 6.92 Å². The summed E-state index contributed by atoms with van der Waals surface area (Å²) in [7, 11) is 0. The second-order valence-electron chi connectivity index (χ2n) is 6.00.